The zero-order valence-corrected chi connectivity index (χ0v) is 21.4. The lowest BCUT2D eigenvalue weighted by Crippen LogP contribution is -2.70. The minimum absolute atomic E-state index is 0.202. The Bertz CT molecular complexity index is 1020. The van der Waals surface area contributed by atoms with Crippen LogP contribution in [0.3, 0.4) is 0 Å². The average Bonchev–Trinajstić information content (AvgIpc) is 3.20. The highest BCUT2D eigenvalue weighted by atomic mass is 16.6. The molecular formula is C24H34O15. The zero-order chi connectivity index (χ0) is 29.7. The largest absolute Gasteiger partial charge is 0.493 e. The number of aliphatic hydroxyl groups is 9. The first kappa shape index (κ1) is 32.5. The Labute approximate surface area is 222 Å². The van der Waals surface area contributed by atoms with E-state index in [1.54, 1.807) is 0 Å². The molecule has 1 fully saturated rings. The summed E-state index contributed by atoms with van der Waals surface area (Å²) in [5.74, 6) is -2.55. The van der Waals surface area contributed by atoms with Gasteiger partial charge in [0.25, 0.3) is 0 Å². The van der Waals surface area contributed by atoms with Crippen molar-refractivity contribution in [3.8, 4) is 17.2 Å². The van der Waals surface area contributed by atoms with Gasteiger partial charge in [0.05, 0.1) is 41.2 Å². The van der Waals surface area contributed by atoms with Crippen LogP contribution in [0.15, 0.2) is 18.2 Å². The van der Waals surface area contributed by atoms with Crippen LogP contribution in [0.25, 0.3) is 6.08 Å². The molecular weight excluding hydrogens is 528 g/mol. The van der Waals surface area contributed by atoms with Crippen LogP contribution in [-0.4, -0.2) is 147 Å². The van der Waals surface area contributed by atoms with Crippen molar-refractivity contribution in [1.82, 2.24) is 0 Å². The second-order valence-corrected chi connectivity index (χ2v) is 8.73. The van der Waals surface area contributed by atoms with E-state index in [2.05, 4.69) is 0 Å². The van der Waals surface area contributed by atoms with Gasteiger partial charge in [-0.2, -0.15) is 0 Å². The molecule has 0 saturated carbocycles. The van der Waals surface area contributed by atoms with Crippen LogP contribution in [0.5, 0.6) is 17.2 Å². The van der Waals surface area contributed by atoms with Crippen molar-refractivity contribution in [2.45, 2.75) is 47.8 Å². The first-order chi connectivity index (χ1) is 18.3. The van der Waals surface area contributed by atoms with E-state index in [9.17, 15) is 50.4 Å². The summed E-state index contributed by atoms with van der Waals surface area (Å²) in [4.78, 5) is 26.6. The fourth-order valence-electron chi connectivity index (χ4n) is 4.30. The number of hydrogen-bond donors (Lipinski definition) is 9. The number of ether oxygens (including phenoxy) is 4. The van der Waals surface area contributed by atoms with Crippen LogP contribution in [0.4, 0.5) is 0 Å². The highest BCUT2D eigenvalue weighted by molar-refractivity contribution is 6.08. The molecule has 0 amide bonds. The minimum Gasteiger partial charge on any atom is -0.493 e. The fraction of sp³-hybridized carbons (Fsp3) is 0.583. The van der Waals surface area contributed by atoms with E-state index >= 15 is 0 Å². The molecule has 0 bridgehead atoms. The molecule has 220 valence electrons. The van der Waals surface area contributed by atoms with Gasteiger partial charge in [-0.15, -0.1) is 0 Å². The molecule has 0 aliphatic carbocycles. The average molecular weight is 563 g/mol. The van der Waals surface area contributed by atoms with Gasteiger partial charge >= 0.3 is 0 Å². The third kappa shape index (κ3) is 5.64. The molecule has 8 atom stereocenters. The van der Waals surface area contributed by atoms with Crippen LogP contribution in [0.2, 0.25) is 0 Å². The van der Waals surface area contributed by atoms with E-state index in [4.69, 9.17) is 24.1 Å². The number of carbonyl (C=O) groups excluding carboxylic acids is 2. The predicted octanol–water partition coefficient (Wildman–Crippen LogP) is -4.49. The van der Waals surface area contributed by atoms with Crippen molar-refractivity contribution >= 4 is 17.6 Å². The maximum absolute atomic E-state index is 13.3. The Morgan fingerprint density at radius 1 is 1.00 bits per heavy atom. The highest BCUT2D eigenvalue weighted by Gasteiger charge is 2.72. The quantitative estimate of drug-likeness (QED) is 0.0969. The molecule has 1 aliphatic rings. The summed E-state index contributed by atoms with van der Waals surface area (Å²) >= 11 is 0. The fourth-order valence-corrected chi connectivity index (χ4v) is 4.30. The number of aliphatic hydroxyl groups excluding tert-OH is 8. The molecule has 0 spiro atoms. The van der Waals surface area contributed by atoms with Gasteiger partial charge in [0.2, 0.25) is 11.5 Å². The first-order valence-corrected chi connectivity index (χ1v) is 11.5. The molecule has 2 rings (SSSR count). The Kier molecular flexibility index (Phi) is 10.9. The lowest BCUT2D eigenvalue weighted by Gasteiger charge is -2.39. The topological polar surface area (TPSA) is 253 Å². The maximum atomic E-state index is 13.3. The first-order valence-electron chi connectivity index (χ1n) is 11.5. The van der Waals surface area contributed by atoms with Crippen molar-refractivity contribution < 1.29 is 74.5 Å². The molecule has 1 unspecified atom stereocenters. The van der Waals surface area contributed by atoms with Gasteiger partial charge in [-0.05, 0) is 23.8 Å². The second-order valence-electron chi connectivity index (χ2n) is 8.73. The summed E-state index contributed by atoms with van der Waals surface area (Å²) in [6.45, 7) is -3.66. The van der Waals surface area contributed by atoms with Gasteiger partial charge in [-0.1, -0.05) is 6.08 Å². The van der Waals surface area contributed by atoms with Crippen molar-refractivity contribution in [2.75, 3.05) is 41.2 Å². The Balaban J connectivity index is 2.56. The molecule has 15 heteroatoms. The molecule has 1 aromatic rings. The molecule has 1 aromatic carbocycles. The highest BCUT2D eigenvalue weighted by Crippen LogP contribution is 2.43. The molecule has 1 saturated heterocycles. The molecule has 39 heavy (non-hydrogen) atoms. The lowest BCUT2D eigenvalue weighted by atomic mass is 9.72. The van der Waals surface area contributed by atoms with E-state index in [0.29, 0.717) is 0 Å². The number of benzene rings is 1. The van der Waals surface area contributed by atoms with Crippen molar-refractivity contribution in [1.29, 1.82) is 0 Å². The Morgan fingerprint density at radius 2 is 1.56 bits per heavy atom. The van der Waals surface area contributed by atoms with Crippen molar-refractivity contribution in [2.24, 2.45) is 0 Å². The summed E-state index contributed by atoms with van der Waals surface area (Å²) in [5, 5.41) is 90.8. The third-order valence-electron chi connectivity index (χ3n) is 6.56. The van der Waals surface area contributed by atoms with Crippen LogP contribution < -0.4 is 14.2 Å². The number of carbonyl (C=O) groups is 2. The summed E-state index contributed by atoms with van der Waals surface area (Å²) < 4.78 is 20.9. The van der Waals surface area contributed by atoms with E-state index in [1.807, 2.05) is 0 Å². The van der Waals surface area contributed by atoms with E-state index in [-0.39, 0.29) is 22.8 Å². The standard InChI is InChI=1S/C24H34O15/c1-36-13-6-11(7-14(37-2)20(13)38-3)4-5-16(29)24(35)21(33)15(9-26)39-23(24,10-27)22(34)19(32)18(31)17(30)12(28)8-25/h4-7,12,15,17-19,21,25-28,30-33,35H,8-10H2,1-3H3/t12-,15-,17-,18+,19-,21-,23?,24-/m1/s1. The van der Waals surface area contributed by atoms with E-state index in [1.165, 1.54) is 33.5 Å². The molecule has 1 heterocycles. The molecule has 0 aromatic heterocycles. The van der Waals surface area contributed by atoms with Crippen molar-refractivity contribution in [3.63, 3.8) is 0 Å². The normalized spacial score (nSPS) is 28.1. The van der Waals surface area contributed by atoms with E-state index < -0.39 is 79.2 Å². The second kappa shape index (κ2) is 13.1. The number of methoxy groups -OCH3 is 3. The smallest absolute Gasteiger partial charge is 0.203 e. The maximum Gasteiger partial charge on any atom is 0.203 e. The van der Waals surface area contributed by atoms with Gasteiger partial charge < -0.3 is 64.9 Å². The van der Waals surface area contributed by atoms with Crippen LogP contribution in [-0.2, 0) is 14.3 Å². The Morgan fingerprint density at radius 3 is 2.00 bits per heavy atom. The third-order valence-corrected chi connectivity index (χ3v) is 6.56. The number of ketones is 2. The van der Waals surface area contributed by atoms with Crippen LogP contribution in [0.1, 0.15) is 5.56 Å². The SMILES string of the molecule is COc1cc(C=CC(=O)[C@@]2(O)[C@H](O)[C@@H](CO)OC2(CO)C(=O)[C@H](O)[C@@H](O)[C@H](O)[C@H](O)CO)cc(OC)c1OC. The summed E-state index contributed by atoms with van der Waals surface area (Å²) in [5.41, 5.74) is -6.23. The lowest BCUT2D eigenvalue weighted by molar-refractivity contribution is -0.197. The van der Waals surface area contributed by atoms with Gasteiger partial charge in [-0.25, -0.2) is 0 Å². The number of rotatable bonds is 14. The molecule has 0 radical (unpaired) electrons. The van der Waals surface area contributed by atoms with E-state index in [0.717, 1.165) is 12.2 Å². The van der Waals surface area contributed by atoms with Crippen molar-refractivity contribution in [3.05, 3.63) is 23.8 Å². The summed E-state index contributed by atoms with van der Waals surface area (Å²) in [6.07, 6.45) is -11.8. The van der Waals surface area contributed by atoms with Gasteiger partial charge in [-0.3, -0.25) is 9.59 Å². The summed E-state index contributed by atoms with van der Waals surface area (Å²) in [6, 6.07) is 2.84. The van der Waals surface area contributed by atoms with Gasteiger partial charge in [0.15, 0.2) is 28.5 Å². The van der Waals surface area contributed by atoms with Crippen LogP contribution in [0, 0.1) is 0 Å². The minimum atomic E-state index is -3.33. The number of Topliss-reactive ketones (excluding diaryl/α,β-unsaturated/α-hetero) is 1. The van der Waals surface area contributed by atoms with Crippen LogP contribution >= 0.6 is 0 Å². The molecule has 1 aliphatic heterocycles. The number of hydrogen-bond acceptors (Lipinski definition) is 15. The monoisotopic (exact) mass is 562 g/mol. The molecule has 9 N–H and O–H groups in total. The summed E-state index contributed by atoms with van der Waals surface area (Å²) in [7, 11) is 4.06. The zero-order valence-electron chi connectivity index (χ0n) is 21.4. The predicted molar refractivity (Wildman–Crippen MR) is 129 cm³/mol. The van der Waals surface area contributed by atoms with Gasteiger partial charge in [0, 0.05) is 0 Å². The van der Waals surface area contributed by atoms with Gasteiger partial charge in [0.1, 0.15) is 36.6 Å². The Hall–Kier alpha value is -2.70. The molecule has 15 nitrogen and oxygen atoms in total.